The minimum Gasteiger partial charge on any atom is -0.341 e. The fourth-order valence-corrected chi connectivity index (χ4v) is 4.84. The number of piperidine rings is 1. The Morgan fingerprint density at radius 3 is 2.50 bits per heavy atom. The second-order valence-electron chi connectivity index (χ2n) is 8.16. The van der Waals surface area contributed by atoms with Crippen LogP contribution < -0.4 is 10.9 Å². The topological polar surface area (TPSA) is 47.6 Å². The van der Waals surface area contributed by atoms with E-state index in [-0.39, 0.29) is 6.04 Å². The van der Waals surface area contributed by atoms with Crippen LogP contribution in [0.15, 0.2) is 30.3 Å². The summed E-state index contributed by atoms with van der Waals surface area (Å²) in [6, 6.07) is 10.8. The van der Waals surface area contributed by atoms with Gasteiger partial charge in [0.1, 0.15) is 6.04 Å². The van der Waals surface area contributed by atoms with E-state index >= 15 is 0 Å². The minimum absolute atomic E-state index is 0.00594. The summed E-state index contributed by atoms with van der Waals surface area (Å²) >= 11 is 0. The highest BCUT2D eigenvalue weighted by Gasteiger charge is 2.36. The average Bonchev–Trinajstić information content (AvgIpc) is 3.39. The zero-order chi connectivity index (χ0) is 17.8. The highest BCUT2D eigenvalue weighted by Crippen LogP contribution is 2.32. The van der Waals surface area contributed by atoms with E-state index in [4.69, 9.17) is 0 Å². The van der Waals surface area contributed by atoms with Crippen molar-refractivity contribution in [3.63, 3.8) is 0 Å². The zero-order valence-electron chi connectivity index (χ0n) is 15.7. The van der Waals surface area contributed by atoms with E-state index in [1.807, 2.05) is 0 Å². The molecule has 2 N–H and O–H groups in total. The van der Waals surface area contributed by atoms with Crippen molar-refractivity contribution in [1.82, 2.24) is 20.7 Å². The molecule has 5 heteroatoms. The maximum Gasteiger partial charge on any atom is 0.241 e. The van der Waals surface area contributed by atoms with Gasteiger partial charge in [-0.2, -0.15) is 0 Å². The second-order valence-corrected chi connectivity index (χ2v) is 8.16. The van der Waals surface area contributed by atoms with Crippen LogP contribution in [0.1, 0.15) is 31.2 Å². The first-order chi connectivity index (χ1) is 12.8. The molecule has 0 radical (unpaired) electrons. The fourth-order valence-electron chi connectivity index (χ4n) is 4.84. The summed E-state index contributed by atoms with van der Waals surface area (Å²) in [5.41, 5.74) is 7.63. The van der Waals surface area contributed by atoms with Crippen molar-refractivity contribution in [2.24, 2.45) is 11.8 Å². The van der Waals surface area contributed by atoms with Gasteiger partial charge in [0, 0.05) is 26.2 Å². The summed E-state index contributed by atoms with van der Waals surface area (Å²) in [6.45, 7) is 6.44. The third-order valence-electron chi connectivity index (χ3n) is 6.53. The van der Waals surface area contributed by atoms with Crippen molar-refractivity contribution in [1.29, 1.82) is 0 Å². The third-order valence-corrected chi connectivity index (χ3v) is 6.53. The van der Waals surface area contributed by atoms with Gasteiger partial charge in [-0.05, 0) is 62.6 Å². The van der Waals surface area contributed by atoms with Crippen molar-refractivity contribution in [3.05, 3.63) is 35.9 Å². The molecule has 1 aromatic carbocycles. The van der Waals surface area contributed by atoms with Crippen LogP contribution in [0.2, 0.25) is 0 Å². The number of benzene rings is 1. The van der Waals surface area contributed by atoms with Gasteiger partial charge in [-0.1, -0.05) is 30.3 Å². The van der Waals surface area contributed by atoms with Crippen LogP contribution in [0.25, 0.3) is 0 Å². The van der Waals surface area contributed by atoms with Crippen LogP contribution in [0.3, 0.4) is 0 Å². The molecule has 0 aromatic heterocycles. The smallest absolute Gasteiger partial charge is 0.241 e. The molecule has 4 rings (SSSR count). The summed E-state index contributed by atoms with van der Waals surface area (Å²) in [6.07, 6.45) is 5.86. The first-order valence-electron chi connectivity index (χ1n) is 10.3. The SMILES string of the molecule is O=C(C1CCNN1)N1CCC(C2CCN(CCc3ccccc3)CC2)C1. The molecule has 2 atom stereocenters. The number of nitrogens with one attached hydrogen (secondary N) is 2. The van der Waals surface area contributed by atoms with Crippen LogP contribution in [-0.4, -0.2) is 61.0 Å². The lowest BCUT2D eigenvalue weighted by molar-refractivity contribution is -0.132. The Balaban J connectivity index is 1.19. The largest absolute Gasteiger partial charge is 0.341 e. The second kappa shape index (κ2) is 8.51. The summed E-state index contributed by atoms with van der Waals surface area (Å²) in [5, 5.41) is 0. The number of carbonyl (C=O) groups is 1. The van der Waals surface area contributed by atoms with E-state index in [0.717, 1.165) is 38.4 Å². The molecular weight excluding hydrogens is 324 g/mol. The van der Waals surface area contributed by atoms with Gasteiger partial charge in [0.25, 0.3) is 0 Å². The monoisotopic (exact) mass is 356 g/mol. The van der Waals surface area contributed by atoms with Crippen LogP contribution in [0.5, 0.6) is 0 Å². The molecule has 0 aliphatic carbocycles. The lowest BCUT2D eigenvalue weighted by Crippen LogP contribution is -2.45. The van der Waals surface area contributed by atoms with Gasteiger partial charge in [-0.25, -0.2) is 5.43 Å². The molecule has 0 spiro atoms. The quantitative estimate of drug-likeness (QED) is 0.842. The Hall–Kier alpha value is -1.43. The van der Waals surface area contributed by atoms with Crippen molar-refractivity contribution >= 4 is 5.91 Å². The molecule has 0 saturated carbocycles. The number of likely N-dealkylation sites (tertiary alicyclic amines) is 2. The Morgan fingerprint density at radius 1 is 1.00 bits per heavy atom. The average molecular weight is 357 g/mol. The minimum atomic E-state index is -0.00594. The Kier molecular flexibility index (Phi) is 5.88. The molecule has 0 bridgehead atoms. The summed E-state index contributed by atoms with van der Waals surface area (Å²) in [7, 11) is 0. The molecular formula is C21H32N4O. The van der Waals surface area contributed by atoms with Gasteiger partial charge < -0.3 is 9.80 Å². The molecule has 1 amide bonds. The van der Waals surface area contributed by atoms with E-state index in [0.29, 0.717) is 11.8 Å². The Bertz CT molecular complexity index is 579. The van der Waals surface area contributed by atoms with Gasteiger partial charge in [-0.3, -0.25) is 10.2 Å². The lowest BCUT2D eigenvalue weighted by atomic mass is 9.83. The third kappa shape index (κ3) is 4.27. The number of hydrogen-bond donors (Lipinski definition) is 2. The maximum absolute atomic E-state index is 12.6. The number of carbonyl (C=O) groups excluding carboxylic acids is 1. The highest BCUT2D eigenvalue weighted by atomic mass is 16.2. The van der Waals surface area contributed by atoms with E-state index in [1.165, 1.54) is 44.5 Å². The van der Waals surface area contributed by atoms with Gasteiger partial charge in [0.2, 0.25) is 5.91 Å². The van der Waals surface area contributed by atoms with Crippen molar-refractivity contribution in [3.8, 4) is 0 Å². The van der Waals surface area contributed by atoms with Gasteiger partial charge >= 0.3 is 0 Å². The van der Waals surface area contributed by atoms with Gasteiger partial charge in [0.05, 0.1) is 0 Å². The van der Waals surface area contributed by atoms with E-state index < -0.39 is 0 Å². The molecule has 3 fully saturated rings. The Labute approximate surface area is 157 Å². The van der Waals surface area contributed by atoms with Crippen molar-refractivity contribution in [2.75, 3.05) is 39.3 Å². The highest BCUT2D eigenvalue weighted by molar-refractivity contribution is 5.82. The number of hydrazine groups is 1. The zero-order valence-corrected chi connectivity index (χ0v) is 15.7. The number of hydrogen-bond acceptors (Lipinski definition) is 4. The van der Waals surface area contributed by atoms with Gasteiger partial charge in [-0.15, -0.1) is 0 Å². The molecule has 3 aliphatic rings. The standard InChI is InChI=1S/C21H32N4O/c26-21(20-6-11-22-23-20)25-15-10-19(16-25)18-8-13-24(14-9-18)12-7-17-4-2-1-3-5-17/h1-5,18-20,22-23H,6-16H2. The van der Waals surface area contributed by atoms with Crippen LogP contribution in [-0.2, 0) is 11.2 Å². The first-order valence-corrected chi connectivity index (χ1v) is 10.3. The number of amides is 1. The van der Waals surface area contributed by atoms with Crippen LogP contribution >= 0.6 is 0 Å². The molecule has 3 saturated heterocycles. The number of nitrogens with zero attached hydrogens (tertiary/aromatic N) is 2. The predicted molar refractivity (Wildman–Crippen MR) is 104 cm³/mol. The van der Waals surface area contributed by atoms with Crippen molar-refractivity contribution in [2.45, 2.75) is 38.1 Å². The molecule has 1 aromatic rings. The molecule has 3 aliphatic heterocycles. The van der Waals surface area contributed by atoms with E-state index in [1.54, 1.807) is 0 Å². The molecule has 5 nitrogen and oxygen atoms in total. The van der Waals surface area contributed by atoms with Gasteiger partial charge in [0.15, 0.2) is 0 Å². The number of rotatable bonds is 5. The summed E-state index contributed by atoms with van der Waals surface area (Å²) < 4.78 is 0. The summed E-state index contributed by atoms with van der Waals surface area (Å²) in [5.74, 6) is 1.82. The molecule has 26 heavy (non-hydrogen) atoms. The van der Waals surface area contributed by atoms with Crippen LogP contribution in [0, 0.1) is 11.8 Å². The lowest BCUT2D eigenvalue weighted by Gasteiger charge is -2.35. The molecule has 3 heterocycles. The molecule has 142 valence electrons. The first kappa shape index (κ1) is 18.0. The van der Waals surface area contributed by atoms with Crippen molar-refractivity contribution < 1.29 is 4.79 Å². The van der Waals surface area contributed by atoms with E-state index in [9.17, 15) is 4.79 Å². The van der Waals surface area contributed by atoms with E-state index in [2.05, 4.69) is 51.0 Å². The Morgan fingerprint density at radius 2 is 1.77 bits per heavy atom. The normalized spacial score (nSPS) is 27.9. The predicted octanol–water partition coefficient (Wildman–Crippen LogP) is 1.66. The summed E-state index contributed by atoms with van der Waals surface area (Å²) in [4.78, 5) is 17.3. The molecule has 2 unspecified atom stereocenters. The fraction of sp³-hybridized carbons (Fsp3) is 0.667. The maximum atomic E-state index is 12.6. The van der Waals surface area contributed by atoms with Crippen LogP contribution in [0.4, 0.5) is 0 Å².